The summed E-state index contributed by atoms with van der Waals surface area (Å²) in [5.41, 5.74) is 2.16. The van der Waals surface area contributed by atoms with Crippen LogP contribution in [0.3, 0.4) is 0 Å². The molecule has 3 heteroatoms. The van der Waals surface area contributed by atoms with E-state index in [4.69, 9.17) is 0 Å². The van der Waals surface area contributed by atoms with Crippen molar-refractivity contribution >= 4 is 12.1 Å². The molecule has 1 atom stereocenters. The molecule has 2 amide bonds. The Balaban J connectivity index is 2.20. The molecule has 0 aromatic heterocycles. The highest BCUT2D eigenvalue weighted by Gasteiger charge is 2.12. The first-order valence-electron chi connectivity index (χ1n) is 6.93. The van der Waals surface area contributed by atoms with Crippen LogP contribution in [-0.4, -0.2) is 25.0 Å². The lowest BCUT2D eigenvalue weighted by Gasteiger charge is -2.19. The Morgan fingerprint density at radius 1 is 1.00 bits per heavy atom. The smallest absolute Gasteiger partial charge is 0.317 e. The lowest BCUT2D eigenvalue weighted by molar-refractivity contribution is 0.215. The number of nitrogens with one attached hydrogen (secondary N) is 1. The van der Waals surface area contributed by atoms with Crippen molar-refractivity contribution in [2.24, 2.45) is 0 Å². The van der Waals surface area contributed by atoms with E-state index in [1.165, 1.54) is 4.90 Å². The molecule has 21 heavy (non-hydrogen) atoms. The highest BCUT2D eigenvalue weighted by atomic mass is 16.2. The van der Waals surface area contributed by atoms with Gasteiger partial charge in [-0.2, -0.15) is 0 Å². The molecule has 2 aromatic carbocycles. The van der Waals surface area contributed by atoms with Gasteiger partial charge in [0.2, 0.25) is 0 Å². The third-order valence-corrected chi connectivity index (χ3v) is 3.12. The lowest BCUT2D eigenvalue weighted by Crippen LogP contribution is -2.36. The van der Waals surface area contributed by atoms with E-state index < -0.39 is 0 Å². The number of urea groups is 1. The number of carbonyl (C=O) groups is 1. The number of amides is 2. The molecule has 1 unspecified atom stereocenters. The standard InChI is InChI=1S/C18H20N2O/c1-20(2)18(21)19-17(16-11-7-4-8-12-16)14-13-15-9-5-3-6-10-15/h3-14,17H,1-2H3,(H,19,21)/b14-13+. The van der Waals surface area contributed by atoms with Crippen molar-refractivity contribution in [3.8, 4) is 0 Å². The van der Waals surface area contributed by atoms with Crippen molar-refractivity contribution in [1.82, 2.24) is 10.2 Å². The minimum absolute atomic E-state index is 0.110. The predicted molar refractivity (Wildman–Crippen MR) is 86.9 cm³/mol. The molecule has 0 heterocycles. The molecule has 2 rings (SSSR count). The molecule has 1 N–H and O–H groups in total. The molecule has 0 saturated heterocycles. The topological polar surface area (TPSA) is 32.3 Å². The van der Waals surface area contributed by atoms with Crippen LogP contribution in [0.5, 0.6) is 0 Å². The summed E-state index contributed by atoms with van der Waals surface area (Å²) in [7, 11) is 3.47. The maximum atomic E-state index is 11.9. The van der Waals surface area contributed by atoms with E-state index in [-0.39, 0.29) is 12.1 Å². The first kappa shape index (κ1) is 14.9. The molecular formula is C18H20N2O. The Morgan fingerprint density at radius 2 is 1.57 bits per heavy atom. The maximum absolute atomic E-state index is 11.9. The molecule has 0 spiro atoms. The highest BCUT2D eigenvalue weighted by molar-refractivity contribution is 5.74. The van der Waals surface area contributed by atoms with Crippen molar-refractivity contribution in [1.29, 1.82) is 0 Å². The summed E-state index contributed by atoms with van der Waals surface area (Å²) in [6.45, 7) is 0. The van der Waals surface area contributed by atoms with Gasteiger partial charge in [0.15, 0.2) is 0 Å². The summed E-state index contributed by atoms with van der Waals surface area (Å²) in [6, 6.07) is 19.7. The van der Waals surface area contributed by atoms with Gasteiger partial charge in [-0.3, -0.25) is 0 Å². The van der Waals surface area contributed by atoms with Crippen LogP contribution < -0.4 is 5.32 Å². The van der Waals surface area contributed by atoms with Crippen LogP contribution in [0.4, 0.5) is 4.79 Å². The summed E-state index contributed by atoms with van der Waals surface area (Å²) >= 11 is 0. The average molecular weight is 280 g/mol. The van der Waals surface area contributed by atoms with Crippen molar-refractivity contribution < 1.29 is 4.79 Å². The van der Waals surface area contributed by atoms with Crippen molar-refractivity contribution in [3.05, 3.63) is 77.9 Å². The Kier molecular flexibility index (Phi) is 5.16. The van der Waals surface area contributed by atoms with Gasteiger partial charge in [0.1, 0.15) is 0 Å². The number of carbonyl (C=O) groups excluding carboxylic acids is 1. The zero-order valence-electron chi connectivity index (χ0n) is 12.4. The maximum Gasteiger partial charge on any atom is 0.317 e. The summed E-state index contributed by atoms with van der Waals surface area (Å²) in [4.78, 5) is 13.5. The fourth-order valence-electron chi connectivity index (χ4n) is 1.94. The van der Waals surface area contributed by atoms with E-state index >= 15 is 0 Å². The number of rotatable bonds is 4. The molecule has 0 fully saturated rings. The van der Waals surface area contributed by atoms with Crippen LogP contribution >= 0.6 is 0 Å². The first-order chi connectivity index (χ1) is 10.2. The van der Waals surface area contributed by atoms with Gasteiger partial charge in [-0.1, -0.05) is 72.8 Å². The molecule has 3 nitrogen and oxygen atoms in total. The van der Waals surface area contributed by atoms with Crippen molar-refractivity contribution in [2.45, 2.75) is 6.04 Å². The molecular weight excluding hydrogens is 260 g/mol. The van der Waals surface area contributed by atoms with Crippen LogP contribution in [0, 0.1) is 0 Å². The second-order valence-corrected chi connectivity index (χ2v) is 5.00. The van der Waals surface area contributed by atoms with Gasteiger partial charge in [-0.05, 0) is 11.1 Å². The van der Waals surface area contributed by atoms with Crippen LogP contribution in [0.15, 0.2) is 66.7 Å². The molecule has 0 aliphatic rings. The van der Waals surface area contributed by atoms with Gasteiger partial charge in [0.25, 0.3) is 0 Å². The third-order valence-electron chi connectivity index (χ3n) is 3.12. The van der Waals surface area contributed by atoms with E-state index in [2.05, 4.69) is 5.32 Å². The fourth-order valence-corrected chi connectivity index (χ4v) is 1.94. The van der Waals surface area contributed by atoms with Gasteiger partial charge in [-0.15, -0.1) is 0 Å². The Labute approximate surface area is 125 Å². The number of hydrogen-bond acceptors (Lipinski definition) is 1. The lowest BCUT2D eigenvalue weighted by atomic mass is 10.1. The third kappa shape index (κ3) is 4.49. The molecule has 108 valence electrons. The fraction of sp³-hybridized carbons (Fsp3) is 0.167. The first-order valence-corrected chi connectivity index (χ1v) is 6.93. The summed E-state index contributed by atoms with van der Waals surface area (Å²) in [5, 5.41) is 3.00. The van der Waals surface area contributed by atoms with Gasteiger partial charge in [0, 0.05) is 14.1 Å². The van der Waals surface area contributed by atoms with Crippen molar-refractivity contribution in [2.75, 3.05) is 14.1 Å². The van der Waals surface area contributed by atoms with Crippen LogP contribution in [0.25, 0.3) is 6.08 Å². The zero-order chi connectivity index (χ0) is 15.1. The van der Waals surface area contributed by atoms with Gasteiger partial charge < -0.3 is 10.2 Å². The molecule has 0 aliphatic carbocycles. The highest BCUT2D eigenvalue weighted by Crippen LogP contribution is 2.16. The number of hydrogen-bond donors (Lipinski definition) is 1. The van der Waals surface area contributed by atoms with E-state index in [0.29, 0.717) is 0 Å². The predicted octanol–water partition coefficient (Wildman–Crippen LogP) is 3.71. The normalized spacial score (nSPS) is 12.1. The van der Waals surface area contributed by atoms with Gasteiger partial charge in [0.05, 0.1) is 6.04 Å². The second-order valence-electron chi connectivity index (χ2n) is 5.00. The summed E-state index contributed by atoms with van der Waals surface area (Å²) in [5.74, 6) is 0. The van der Waals surface area contributed by atoms with E-state index in [9.17, 15) is 4.79 Å². The van der Waals surface area contributed by atoms with Gasteiger partial charge >= 0.3 is 6.03 Å². The molecule has 0 radical (unpaired) electrons. The number of nitrogens with zero attached hydrogens (tertiary/aromatic N) is 1. The summed E-state index contributed by atoms with van der Waals surface area (Å²) < 4.78 is 0. The van der Waals surface area contributed by atoms with E-state index in [0.717, 1.165) is 11.1 Å². The van der Waals surface area contributed by atoms with Crippen LogP contribution in [0.2, 0.25) is 0 Å². The Hall–Kier alpha value is -2.55. The Bertz CT molecular complexity index is 591. The Morgan fingerprint density at radius 3 is 2.14 bits per heavy atom. The zero-order valence-corrected chi connectivity index (χ0v) is 12.4. The second kappa shape index (κ2) is 7.29. The molecule has 2 aromatic rings. The number of benzene rings is 2. The van der Waals surface area contributed by atoms with Crippen molar-refractivity contribution in [3.63, 3.8) is 0 Å². The average Bonchev–Trinajstić information content (AvgIpc) is 2.53. The largest absolute Gasteiger partial charge is 0.331 e. The minimum atomic E-state index is -0.152. The molecule has 0 aliphatic heterocycles. The van der Waals surface area contributed by atoms with E-state index in [1.807, 2.05) is 72.8 Å². The van der Waals surface area contributed by atoms with Gasteiger partial charge in [-0.25, -0.2) is 4.79 Å². The minimum Gasteiger partial charge on any atom is -0.331 e. The summed E-state index contributed by atoms with van der Waals surface area (Å²) in [6.07, 6.45) is 4.03. The quantitative estimate of drug-likeness (QED) is 0.909. The molecule has 0 bridgehead atoms. The molecule has 0 saturated carbocycles. The monoisotopic (exact) mass is 280 g/mol. The van der Waals surface area contributed by atoms with E-state index in [1.54, 1.807) is 14.1 Å². The van der Waals surface area contributed by atoms with Crippen LogP contribution in [0.1, 0.15) is 17.2 Å². The van der Waals surface area contributed by atoms with Crippen LogP contribution in [-0.2, 0) is 0 Å². The SMILES string of the molecule is CN(C)C(=O)NC(/C=C/c1ccccc1)c1ccccc1.